The Bertz CT molecular complexity index is 1850. The lowest BCUT2D eigenvalue weighted by molar-refractivity contribution is -0.142. The van der Waals surface area contributed by atoms with Crippen LogP contribution in [0.15, 0.2) is 71.9 Å². The Hall–Kier alpha value is -4.57. The second-order valence-electron chi connectivity index (χ2n) is 12.8. The van der Waals surface area contributed by atoms with Crippen molar-refractivity contribution in [3.8, 4) is 0 Å². The van der Waals surface area contributed by atoms with Gasteiger partial charge in [0.05, 0.1) is 17.5 Å². The standard InChI is InChI=1S/C35H37N5O5/c1-37-15-11-27-31(37)36-22-40(34(27)44)21-35(45)13-17-38(18-14-35)33(43)26-12-16-39(20-29(26)23-5-3-2-4-6-23)32(42)25-8-7-24-9-10-30(41)28(24)19-25/h2-8,11,15,19,22,26,29,45H,9-10,12-14,16-18,20-21H2,1H3/t26-,29+/m1/s1. The molecular formula is C35H37N5O5. The average Bonchev–Trinajstić information content (AvgIpc) is 3.64. The van der Waals surface area contributed by atoms with Gasteiger partial charge in [-0.25, -0.2) is 4.98 Å². The van der Waals surface area contributed by atoms with Gasteiger partial charge in [-0.15, -0.1) is 0 Å². The first kappa shape index (κ1) is 29.2. The number of nitrogens with zero attached hydrogens (tertiary/aromatic N) is 5. The third-order valence-corrected chi connectivity index (χ3v) is 10.0. The monoisotopic (exact) mass is 607 g/mol. The Morgan fingerprint density at radius 3 is 2.53 bits per heavy atom. The normalized spacial score (nSPS) is 21.2. The molecule has 2 aromatic heterocycles. The predicted octanol–water partition coefficient (Wildman–Crippen LogP) is 3.16. The number of aromatic nitrogens is 3. The van der Waals surface area contributed by atoms with Crippen LogP contribution in [0.25, 0.3) is 11.0 Å². The molecule has 0 radical (unpaired) electrons. The molecule has 3 aliphatic rings. The van der Waals surface area contributed by atoms with Gasteiger partial charge in [0.25, 0.3) is 11.5 Å². The second-order valence-corrected chi connectivity index (χ2v) is 12.8. The lowest BCUT2D eigenvalue weighted by Gasteiger charge is -2.43. The van der Waals surface area contributed by atoms with Gasteiger partial charge in [-0.1, -0.05) is 36.4 Å². The fraction of sp³-hybridized carbons (Fsp3) is 0.400. The molecular weight excluding hydrogens is 570 g/mol. The van der Waals surface area contributed by atoms with Crippen LogP contribution in [0, 0.1) is 5.92 Å². The van der Waals surface area contributed by atoms with E-state index in [9.17, 15) is 24.3 Å². The summed E-state index contributed by atoms with van der Waals surface area (Å²) in [5.74, 6) is -0.496. The van der Waals surface area contributed by atoms with E-state index in [1.807, 2.05) is 59.3 Å². The summed E-state index contributed by atoms with van der Waals surface area (Å²) in [6.45, 7) is 1.73. The Balaban J connectivity index is 1.05. The van der Waals surface area contributed by atoms with Crippen LogP contribution in [0.4, 0.5) is 0 Å². The molecule has 10 nitrogen and oxygen atoms in total. The van der Waals surface area contributed by atoms with E-state index in [1.54, 1.807) is 22.9 Å². The molecule has 1 aliphatic carbocycles. The van der Waals surface area contributed by atoms with E-state index in [0.717, 1.165) is 17.5 Å². The molecule has 232 valence electrons. The van der Waals surface area contributed by atoms with Crippen molar-refractivity contribution in [2.75, 3.05) is 26.2 Å². The number of aryl methyl sites for hydroxylation is 2. The first-order valence-electron chi connectivity index (χ1n) is 15.7. The number of likely N-dealkylation sites (tertiary alicyclic amines) is 2. The van der Waals surface area contributed by atoms with Crippen molar-refractivity contribution >= 4 is 28.6 Å². The van der Waals surface area contributed by atoms with Gasteiger partial charge in [0.2, 0.25) is 5.91 Å². The zero-order chi connectivity index (χ0) is 31.3. The molecule has 4 aromatic rings. The maximum atomic E-state index is 14.1. The van der Waals surface area contributed by atoms with Gasteiger partial charge >= 0.3 is 0 Å². The quantitative estimate of drug-likeness (QED) is 0.373. The third kappa shape index (κ3) is 5.37. The fourth-order valence-corrected chi connectivity index (χ4v) is 7.37. The number of amides is 2. The molecule has 2 aromatic carbocycles. The summed E-state index contributed by atoms with van der Waals surface area (Å²) >= 11 is 0. The molecule has 4 heterocycles. The number of fused-ring (bicyclic) bond motifs is 2. The first-order chi connectivity index (χ1) is 21.7. The number of hydrogen-bond acceptors (Lipinski definition) is 6. The second kappa shape index (κ2) is 11.4. The van der Waals surface area contributed by atoms with Gasteiger partial charge in [-0.2, -0.15) is 0 Å². The topological polar surface area (TPSA) is 118 Å². The zero-order valence-electron chi connectivity index (χ0n) is 25.4. The molecule has 1 N–H and O–H groups in total. The molecule has 0 spiro atoms. The molecule has 2 aliphatic heterocycles. The van der Waals surface area contributed by atoms with Crippen LogP contribution >= 0.6 is 0 Å². The molecule has 0 saturated carbocycles. The number of aliphatic hydroxyl groups is 1. The maximum Gasteiger partial charge on any atom is 0.262 e. The molecule has 2 saturated heterocycles. The number of carbonyl (C=O) groups excluding carboxylic acids is 3. The Labute approximate surface area is 260 Å². The van der Waals surface area contributed by atoms with Crippen LogP contribution in [0.5, 0.6) is 0 Å². The summed E-state index contributed by atoms with van der Waals surface area (Å²) in [4.78, 5) is 61.1. The summed E-state index contributed by atoms with van der Waals surface area (Å²) in [6.07, 6.45) is 5.71. The number of benzene rings is 2. The molecule has 0 unspecified atom stereocenters. The smallest absolute Gasteiger partial charge is 0.262 e. The van der Waals surface area contributed by atoms with Crippen LogP contribution in [-0.4, -0.2) is 78.4 Å². The first-order valence-corrected chi connectivity index (χ1v) is 15.7. The van der Waals surface area contributed by atoms with Gasteiger partial charge in [0.15, 0.2) is 5.78 Å². The fourth-order valence-electron chi connectivity index (χ4n) is 7.37. The van der Waals surface area contributed by atoms with E-state index >= 15 is 0 Å². The number of ketones is 1. The van der Waals surface area contributed by atoms with E-state index in [2.05, 4.69) is 4.98 Å². The van der Waals surface area contributed by atoms with E-state index < -0.39 is 5.60 Å². The van der Waals surface area contributed by atoms with Crippen LogP contribution in [0.1, 0.15) is 63.4 Å². The molecule has 10 heteroatoms. The Kier molecular flexibility index (Phi) is 7.40. The summed E-state index contributed by atoms with van der Waals surface area (Å²) in [5, 5.41) is 12.0. The Morgan fingerprint density at radius 1 is 0.978 bits per heavy atom. The van der Waals surface area contributed by atoms with E-state index in [-0.39, 0.29) is 41.5 Å². The van der Waals surface area contributed by atoms with E-state index in [1.165, 1.54) is 10.9 Å². The van der Waals surface area contributed by atoms with Crippen molar-refractivity contribution in [1.29, 1.82) is 0 Å². The number of carbonyl (C=O) groups is 3. The SMILES string of the molecule is Cn1ccc2c(=O)n(CC3(O)CCN(C(=O)[C@@H]4CCN(C(=O)c5ccc6c(c5)C(=O)CC6)C[C@H]4c4ccccc4)CC3)cnc21. The van der Waals surface area contributed by atoms with Gasteiger partial charge in [0, 0.05) is 68.8 Å². The minimum Gasteiger partial charge on any atom is -0.388 e. The van der Waals surface area contributed by atoms with Crippen LogP contribution in [0.3, 0.4) is 0 Å². The van der Waals surface area contributed by atoms with Gasteiger partial charge in [0.1, 0.15) is 12.0 Å². The lowest BCUT2D eigenvalue weighted by atomic mass is 9.79. The zero-order valence-corrected chi connectivity index (χ0v) is 25.4. The largest absolute Gasteiger partial charge is 0.388 e. The summed E-state index contributed by atoms with van der Waals surface area (Å²) in [6, 6.07) is 17.0. The highest BCUT2D eigenvalue weighted by Crippen LogP contribution is 2.36. The number of rotatable bonds is 5. The average molecular weight is 608 g/mol. The van der Waals surface area contributed by atoms with Gasteiger partial charge < -0.3 is 19.5 Å². The van der Waals surface area contributed by atoms with Gasteiger partial charge in [-0.3, -0.25) is 23.7 Å². The molecule has 0 bridgehead atoms. The van der Waals surface area contributed by atoms with Crippen molar-refractivity contribution < 1.29 is 19.5 Å². The Morgan fingerprint density at radius 2 is 1.76 bits per heavy atom. The van der Waals surface area contributed by atoms with Gasteiger partial charge in [-0.05, 0) is 55.0 Å². The predicted molar refractivity (Wildman–Crippen MR) is 168 cm³/mol. The summed E-state index contributed by atoms with van der Waals surface area (Å²) < 4.78 is 3.26. The highest BCUT2D eigenvalue weighted by atomic mass is 16.3. The molecule has 2 atom stereocenters. The van der Waals surface area contributed by atoms with Crippen LogP contribution in [0.2, 0.25) is 0 Å². The molecule has 7 rings (SSSR count). The van der Waals surface area contributed by atoms with Crippen molar-refractivity contribution in [2.24, 2.45) is 13.0 Å². The maximum absolute atomic E-state index is 14.1. The molecule has 2 fully saturated rings. The highest BCUT2D eigenvalue weighted by Gasteiger charge is 2.42. The van der Waals surface area contributed by atoms with Crippen molar-refractivity contribution in [1.82, 2.24) is 23.9 Å². The number of Topliss-reactive ketones (excluding diaryl/α,β-unsaturated/α-hetero) is 1. The van der Waals surface area contributed by atoms with Crippen LogP contribution in [-0.2, 0) is 24.8 Å². The van der Waals surface area contributed by atoms with Crippen molar-refractivity contribution in [2.45, 2.75) is 50.2 Å². The lowest BCUT2D eigenvalue weighted by Crippen LogP contribution is -2.53. The summed E-state index contributed by atoms with van der Waals surface area (Å²) in [5.41, 5.74) is 2.45. The summed E-state index contributed by atoms with van der Waals surface area (Å²) in [7, 11) is 1.83. The minimum absolute atomic E-state index is 0.0330. The number of piperidine rings is 2. The highest BCUT2D eigenvalue weighted by molar-refractivity contribution is 6.03. The van der Waals surface area contributed by atoms with E-state index in [4.69, 9.17) is 0 Å². The molecule has 45 heavy (non-hydrogen) atoms. The van der Waals surface area contributed by atoms with Crippen molar-refractivity contribution in [3.05, 3.63) is 99.7 Å². The van der Waals surface area contributed by atoms with Crippen molar-refractivity contribution in [3.63, 3.8) is 0 Å². The third-order valence-electron chi connectivity index (χ3n) is 10.0. The molecule has 2 amide bonds. The minimum atomic E-state index is -1.13. The number of hydrogen-bond donors (Lipinski definition) is 1. The van der Waals surface area contributed by atoms with E-state index in [0.29, 0.717) is 74.0 Å². The van der Waals surface area contributed by atoms with Crippen LogP contribution < -0.4 is 5.56 Å².